The van der Waals surface area contributed by atoms with Crippen molar-refractivity contribution in [2.24, 2.45) is 0 Å². The molecule has 1 aromatic heterocycles. The number of H-pyrrole nitrogens is 1. The summed E-state index contributed by atoms with van der Waals surface area (Å²) >= 11 is 0. The van der Waals surface area contributed by atoms with E-state index in [1.807, 2.05) is 17.0 Å². The number of carbonyl (C=O) groups is 1. The Morgan fingerprint density at radius 2 is 1.86 bits per heavy atom. The van der Waals surface area contributed by atoms with Crippen LogP contribution in [0.1, 0.15) is 23.3 Å². The average Bonchev–Trinajstić information content (AvgIpc) is 2.75. The van der Waals surface area contributed by atoms with Gasteiger partial charge >= 0.3 is 0 Å². The SMILES string of the molecule is O=C(c1c[nH]c(=O)cn1)N1CCC[C@H](N2CCN(c3ccc(F)cc3)CC2)C1. The highest BCUT2D eigenvalue weighted by Crippen LogP contribution is 2.22. The lowest BCUT2D eigenvalue weighted by Crippen LogP contribution is -2.56. The molecule has 1 atom stereocenters. The molecule has 2 aliphatic heterocycles. The molecule has 1 aromatic carbocycles. The summed E-state index contributed by atoms with van der Waals surface area (Å²) in [5.74, 6) is -0.350. The van der Waals surface area contributed by atoms with Crippen LogP contribution in [0.4, 0.5) is 10.1 Å². The van der Waals surface area contributed by atoms with E-state index in [9.17, 15) is 14.0 Å². The molecule has 0 saturated carbocycles. The van der Waals surface area contributed by atoms with Crippen LogP contribution in [0.2, 0.25) is 0 Å². The zero-order valence-corrected chi connectivity index (χ0v) is 15.7. The van der Waals surface area contributed by atoms with E-state index in [4.69, 9.17) is 0 Å². The van der Waals surface area contributed by atoms with Gasteiger partial charge in [-0.3, -0.25) is 14.5 Å². The molecule has 2 aliphatic rings. The molecule has 3 heterocycles. The predicted octanol–water partition coefficient (Wildman–Crippen LogP) is 1.34. The summed E-state index contributed by atoms with van der Waals surface area (Å²) in [6.45, 7) is 5.00. The number of nitrogens with zero attached hydrogens (tertiary/aromatic N) is 4. The molecule has 2 fully saturated rings. The molecule has 0 unspecified atom stereocenters. The van der Waals surface area contributed by atoms with Crippen molar-refractivity contribution in [3.8, 4) is 0 Å². The smallest absolute Gasteiger partial charge is 0.274 e. The van der Waals surface area contributed by atoms with Crippen LogP contribution in [0.25, 0.3) is 0 Å². The summed E-state index contributed by atoms with van der Waals surface area (Å²) in [6.07, 6.45) is 4.55. The number of carbonyl (C=O) groups excluding carboxylic acids is 1. The first kappa shape index (κ1) is 18.6. The van der Waals surface area contributed by atoms with E-state index >= 15 is 0 Å². The van der Waals surface area contributed by atoms with Gasteiger partial charge in [0, 0.05) is 57.2 Å². The first-order chi connectivity index (χ1) is 13.6. The molecule has 8 heteroatoms. The van der Waals surface area contributed by atoms with Gasteiger partial charge in [-0.05, 0) is 37.1 Å². The Morgan fingerprint density at radius 1 is 1.11 bits per heavy atom. The van der Waals surface area contributed by atoms with Gasteiger partial charge < -0.3 is 14.8 Å². The minimum absolute atomic E-state index is 0.133. The number of amides is 1. The molecule has 0 aliphatic carbocycles. The zero-order chi connectivity index (χ0) is 19.5. The Balaban J connectivity index is 1.35. The number of hydrogen-bond acceptors (Lipinski definition) is 5. The maximum atomic E-state index is 13.1. The lowest BCUT2D eigenvalue weighted by Gasteiger charge is -2.43. The third-order valence-electron chi connectivity index (χ3n) is 5.60. The quantitative estimate of drug-likeness (QED) is 0.863. The molecule has 1 N–H and O–H groups in total. The van der Waals surface area contributed by atoms with Gasteiger partial charge in [0.1, 0.15) is 11.5 Å². The second kappa shape index (κ2) is 8.10. The van der Waals surface area contributed by atoms with E-state index in [1.165, 1.54) is 18.3 Å². The van der Waals surface area contributed by atoms with Crippen molar-refractivity contribution < 1.29 is 9.18 Å². The third kappa shape index (κ3) is 4.06. The molecule has 0 radical (unpaired) electrons. The van der Waals surface area contributed by atoms with E-state index in [2.05, 4.69) is 19.8 Å². The van der Waals surface area contributed by atoms with Crippen LogP contribution in [0.3, 0.4) is 0 Å². The molecular weight excluding hydrogens is 361 g/mol. The Hall–Kier alpha value is -2.74. The Labute approximate surface area is 162 Å². The van der Waals surface area contributed by atoms with Gasteiger partial charge in [0.2, 0.25) is 0 Å². The van der Waals surface area contributed by atoms with Gasteiger partial charge in [0.25, 0.3) is 11.5 Å². The van der Waals surface area contributed by atoms with Crippen molar-refractivity contribution in [1.29, 1.82) is 0 Å². The molecular formula is C20H24FN5O2. The molecule has 2 aromatic rings. The van der Waals surface area contributed by atoms with Gasteiger partial charge in [-0.15, -0.1) is 0 Å². The standard InChI is InChI=1S/C20H24FN5O2/c21-15-3-5-16(6-4-15)24-8-10-25(11-9-24)17-2-1-7-26(14-17)20(28)18-12-23-19(27)13-22-18/h3-6,12-13,17H,1-2,7-11,14H2,(H,23,27)/t17-/m0/s1. The average molecular weight is 385 g/mol. The van der Waals surface area contributed by atoms with Crippen LogP contribution >= 0.6 is 0 Å². The van der Waals surface area contributed by atoms with Crippen molar-refractivity contribution in [2.75, 3.05) is 44.2 Å². The van der Waals surface area contributed by atoms with Crippen LogP contribution in [0.5, 0.6) is 0 Å². The highest BCUT2D eigenvalue weighted by molar-refractivity contribution is 5.92. The zero-order valence-electron chi connectivity index (χ0n) is 15.7. The van der Waals surface area contributed by atoms with Gasteiger partial charge in [-0.2, -0.15) is 0 Å². The molecule has 0 bridgehead atoms. The fourth-order valence-corrected chi connectivity index (χ4v) is 4.06. The van der Waals surface area contributed by atoms with Crippen LogP contribution in [0, 0.1) is 5.82 Å². The van der Waals surface area contributed by atoms with Crippen molar-refractivity contribution in [3.05, 3.63) is 58.5 Å². The Bertz CT molecular complexity index is 856. The van der Waals surface area contributed by atoms with E-state index in [0.29, 0.717) is 19.1 Å². The molecule has 1 amide bonds. The first-order valence-corrected chi connectivity index (χ1v) is 9.69. The number of aromatic amines is 1. The van der Waals surface area contributed by atoms with Crippen molar-refractivity contribution >= 4 is 11.6 Å². The fourth-order valence-electron chi connectivity index (χ4n) is 4.06. The molecule has 28 heavy (non-hydrogen) atoms. The topological polar surface area (TPSA) is 72.5 Å². The van der Waals surface area contributed by atoms with Crippen LogP contribution in [0.15, 0.2) is 41.5 Å². The number of halogens is 1. The minimum atomic E-state index is -0.313. The van der Waals surface area contributed by atoms with Crippen molar-refractivity contribution in [3.63, 3.8) is 0 Å². The summed E-state index contributed by atoms with van der Waals surface area (Å²) < 4.78 is 13.1. The third-order valence-corrected chi connectivity index (χ3v) is 5.60. The number of benzene rings is 1. The number of rotatable bonds is 3. The Kier molecular flexibility index (Phi) is 5.38. The van der Waals surface area contributed by atoms with E-state index < -0.39 is 0 Å². The summed E-state index contributed by atoms with van der Waals surface area (Å²) in [7, 11) is 0. The monoisotopic (exact) mass is 385 g/mol. The number of likely N-dealkylation sites (tertiary alicyclic amines) is 1. The van der Waals surface area contributed by atoms with Crippen LogP contribution < -0.4 is 10.5 Å². The predicted molar refractivity (Wildman–Crippen MR) is 104 cm³/mol. The van der Waals surface area contributed by atoms with Gasteiger partial charge in [-0.25, -0.2) is 9.37 Å². The number of nitrogens with one attached hydrogen (secondary N) is 1. The number of aromatic nitrogens is 2. The molecule has 7 nitrogen and oxygen atoms in total. The van der Waals surface area contributed by atoms with Gasteiger partial charge in [0.05, 0.1) is 6.20 Å². The number of piperazine rings is 1. The second-order valence-electron chi connectivity index (χ2n) is 7.34. The summed E-state index contributed by atoms with van der Waals surface area (Å²) in [6, 6.07) is 6.97. The molecule has 2 saturated heterocycles. The van der Waals surface area contributed by atoms with Crippen LogP contribution in [-0.4, -0.2) is 71.0 Å². The largest absolute Gasteiger partial charge is 0.369 e. The summed E-state index contributed by atoms with van der Waals surface area (Å²) in [5.41, 5.74) is 1.01. The van der Waals surface area contributed by atoms with Crippen molar-refractivity contribution in [1.82, 2.24) is 19.8 Å². The maximum Gasteiger partial charge on any atom is 0.274 e. The molecule has 0 spiro atoms. The second-order valence-corrected chi connectivity index (χ2v) is 7.34. The van der Waals surface area contributed by atoms with E-state index in [0.717, 1.165) is 50.9 Å². The lowest BCUT2D eigenvalue weighted by molar-refractivity contribution is 0.0557. The fraction of sp³-hybridized carbons (Fsp3) is 0.450. The number of hydrogen-bond donors (Lipinski definition) is 1. The maximum absolute atomic E-state index is 13.1. The first-order valence-electron chi connectivity index (χ1n) is 9.69. The van der Waals surface area contributed by atoms with E-state index in [1.54, 1.807) is 0 Å². The number of piperidine rings is 1. The summed E-state index contributed by atoms with van der Waals surface area (Å²) in [5, 5.41) is 0. The minimum Gasteiger partial charge on any atom is -0.369 e. The van der Waals surface area contributed by atoms with Gasteiger partial charge in [0.15, 0.2) is 0 Å². The van der Waals surface area contributed by atoms with Gasteiger partial charge in [-0.1, -0.05) is 0 Å². The lowest BCUT2D eigenvalue weighted by atomic mass is 10.0. The normalized spacial score (nSPS) is 21.0. The summed E-state index contributed by atoms with van der Waals surface area (Å²) in [4.78, 5) is 36.9. The molecule has 148 valence electrons. The highest BCUT2D eigenvalue weighted by atomic mass is 19.1. The highest BCUT2D eigenvalue weighted by Gasteiger charge is 2.30. The van der Waals surface area contributed by atoms with Crippen LogP contribution in [-0.2, 0) is 0 Å². The Morgan fingerprint density at radius 3 is 2.54 bits per heavy atom. The van der Waals surface area contributed by atoms with E-state index in [-0.39, 0.29) is 23.0 Å². The molecule has 4 rings (SSSR count). The van der Waals surface area contributed by atoms with Crippen molar-refractivity contribution in [2.45, 2.75) is 18.9 Å². The number of anilines is 1.